The van der Waals surface area contributed by atoms with Crippen molar-refractivity contribution < 1.29 is 23.5 Å². The summed E-state index contributed by atoms with van der Waals surface area (Å²) in [5.41, 5.74) is 2.00. The first kappa shape index (κ1) is 24.3. The van der Waals surface area contributed by atoms with Crippen LogP contribution in [0.1, 0.15) is 55.6 Å². The largest absolute Gasteiger partial charge is 0.493 e. The monoisotopic (exact) mass is 493 g/mol. The van der Waals surface area contributed by atoms with Crippen LogP contribution in [0.4, 0.5) is 0 Å². The lowest BCUT2D eigenvalue weighted by atomic mass is 9.85. The molecular weight excluding hydrogens is 458 g/mol. The minimum absolute atomic E-state index is 0.0992. The Morgan fingerprint density at radius 3 is 2.67 bits per heavy atom. The lowest BCUT2D eigenvalue weighted by molar-refractivity contribution is -0.134. The van der Waals surface area contributed by atoms with E-state index in [9.17, 15) is 9.59 Å². The number of nitrogens with zero attached hydrogens (tertiary/aromatic N) is 2. The maximum atomic E-state index is 13.9. The molecule has 1 N–H and O–H groups in total. The molecule has 2 aliphatic rings. The van der Waals surface area contributed by atoms with Gasteiger partial charge in [0.25, 0.3) is 5.91 Å². The van der Waals surface area contributed by atoms with Crippen LogP contribution in [0, 0.1) is 5.92 Å². The SMILES string of the molecule is COc1ccc(CCN2C(=O)c3cc4occc4n3CC2(C)C(=O)NC2CCCCC2C)cc1OC. The summed E-state index contributed by atoms with van der Waals surface area (Å²) in [6.07, 6.45) is 6.60. The first-order chi connectivity index (χ1) is 17.4. The van der Waals surface area contributed by atoms with E-state index >= 15 is 0 Å². The Morgan fingerprint density at radius 2 is 1.92 bits per heavy atom. The normalized spacial score (nSPS) is 24.0. The van der Waals surface area contributed by atoms with Crippen LogP contribution in [0.25, 0.3) is 11.1 Å². The second-order valence-corrected chi connectivity index (χ2v) is 10.3. The van der Waals surface area contributed by atoms with E-state index in [1.54, 1.807) is 31.4 Å². The lowest BCUT2D eigenvalue weighted by Gasteiger charge is -2.45. The molecule has 3 unspecified atom stereocenters. The van der Waals surface area contributed by atoms with Crippen LogP contribution in [0.5, 0.6) is 11.5 Å². The summed E-state index contributed by atoms with van der Waals surface area (Å²) in [6, 6.07) is 9.51. The zero-order chi connectivity index (χ0) is 25.4. The van der Waals surface area contributed by atoms with E-state index in [-0.39, 0.29) is 17.9 Å². The number of hydrogen-bond acceptors (Lipinski definition) is 5. The van der Waals surface area contributed by atoms with Gasteiger partial charge in [0.05, 0.1) is 32.5 Å². The minimum Gasteiger partial charge on any atom is -0.493 e. The van der Waals surface area contributed by atoms with Gasteiger partial charge in [0.15, 0.2) is 17.1 Å². The van der Waals surface area contributed by atoms with Crippen molar-refractivity contribution in [3.05, 3.63) is 47.9 Å². The van der Waals surface area contributed by atoms with Crippen molar-refractivity contribution in [2.45, 2.75) is 64.1 Å². The van der Waals surface area contributed by atoms with E-state index in [1.165, 1.54) is 6.42 Å². The van der Waals surface area contributed by atoms with Crippen molar-refractivity contribution in [3.63, 3.8) is 0 Å². The van der Waals surface area contributed by atoms with Crippen LogP contribution in [0.2, 0.25) is 0 Å². The maximum absolute atomic E-state index is 13.9. The molecule has 3 aromatic rings. The number of carbonyl (C=O) groups excluding carboxylic acids is 2. The fourth-order valence-electron chi connectivity index (χ4n) is 5.75. The van der Waals surface area contributed by atoms with Gasteiger partial charge in [-0.3, -0.25) is 9.59 Å². The molecule has 1 aliphatic heterocycles. The van der Waals surface area contributed by atoms with Crippen molar-refractivity contribution >= 4 is 22.9 Å². The Kier molecular flexibility index (Phi) is 6.45. The Labute approximate surface area is 211 Å². The van der Waals surface area contributed by atoms with Gasteiger partial charge in [0.2, 0.25) is 5.91 Å². The molecule has 0 radical (unpaired) electrons. The molecule has 1 aromatic carbocycles. The first-order valence-electron chi connectivity index (χ1n) is 12.8. The van der Waals surface area contributed by atoms with Crippen molar-refractivity contribution in [1.82, 2.24) is 14.8 Å². The topological polar surface area (TPSA) is 85.9 Å². The molecule has 8 heteroatoms. The number of aromatic nitrogens is 1. The molecule has 5 rings (SSSR count). The summed E-state index contributed by atoms with van der Waals surface area (Å²) >= 11 is 0. The number of furan rings is 1. The first-order valence-corrected chi connectivity index (χ1v) is 12.8. The summed E-state index contributed by atoms with van der Waals surface area (Å²) in [5, 5.41) is 3.32. The smallest absolute Gasteiger partial charge is 0.271 e. The Hall–Kier alpha value is -3.42. The van der Waals surface area contributed by atoms with Crippen molar-refractivity contribution in [1.29, 1.82) is 0 Å². The fraction of sp³-hybridized carbons (Fsp3) is 0.500. The molecule has 1 fully saturated rings. The predicted molar refractivity (Wildman–Crippen MR) is 136 cm³/mol. The van der Waals surface area contributed by atoms with Gasteiger partial charge >= 0.3 is 0 Å². The Balaban J connectivity index is 1.46. The second kappa shape index (κ2) is 9.56. The number of methoxy groups -OCH3 is 2. The summed E-state index contributed by atoms with van der Waals surface area (Å²) in [5.74, 6) is 1.46. The molecular formula is C28H35N3O5. The molecule has 2 aromatic heterocycles. The Bertz CT molecular complexity index is 1280. The second-order valence-electron chi connectivity index (χ2n) is 10.3. The van der Waals surface area contributed by atoms with Crippen molar-refractivity contribution in [2.24, 2.45) is 5.92 Å². The molecule has 0 spiro atoms. The van der Waals surface area contributed by atoms with Gasteiger partial charge in [0, 0.05) is 24.7 Å². The third-order valence-electron chi connectivity index (χ3n) is 8.04. The molecule has 3 heterocycles. The molecule has 3 atom stereocenters. The average molecular weight is 494 g/mol. The summed E-state index contributed by atoms with van der Waals surface area (Å²) < 4.78 is 18.3. The van der Waals surface area contributed by atoms with Crippen LogP contribution in [0.3, 0.4) is 0 Å². The van der Waals surface area contributed by atoms with E-state index < -0.39 is 5.54 Å². The summed E-state index contributed by atoms with van der Waals surface area (Å²) in [6.45, 7) is 4.85. The van der Waals surface area contributed by atoms with Gasteiger partial charge < -0.3 is 28.7 Å². The van der Waals surface area contributed by atoms with Gasteiger partial charge in [-0.15, -0.1) is 0 Å². The highest BCUT2D eigenvalue weighted by molar-refractivity contribution is 6.03. The number of amides is 2. The summed E-state index contributed by atoms with van der Waals surface area (Å²) in [7, 11) is 3.21. The van der Waals surface area contributed by atoms with Gasteiger partial charge in [-0.25, -0.2) is 0 Å². The van der Waals surface area contributed by atoms with Crippen LogP contribution in [-0.2, 0) is 17.8 Å². The van der Waals surface area contributed by atoms with E-state index in [4.69, 9.17) is 13.9 Å². The average Bonchev–Trinajstić information content (AvgIpc) is 3.47. The van der Waals surface area contributed by atoms with Gasteiger partial charge in [0.1, 0.15) is 11.2 Å². The third kappa shape index (κ3) is 4.12. The standard InChI is InChI=1S/C28H35N3O5/c1-18-7-5-6-8-20(18)29-27(33)28(2)17-30-21-12-14-36-24(21)16-22(30)26(32)31(28)13-11-19-9-10-23(34-3)25(15-19)35-4/h9-10,12,14-16,18,20H,5-8,11,13,17H2,1-4H3,(H,29,33). The molecule has 2 amide bonds. The van der Waals surface area contributed by atoms with E-state index in [0.29, 0.717) is 48.2 Å². The zero-order valence-corrected chi connectivity index (χ0v) is 21.5. The number of rotatable bonds is 7. The van der Waals surface area contributed by atoms with E-state index in [1.807, 2.05) is 35.8 Å². The number of nitrogens with one attached hydrogen (secondary N) is 1. The maximum Gasteiger partial charge on any atom is 0.271 e. The number of fused-ring (bicyclic) bond motifs is 3. The highest BCUT2D eigenvalue weighted by atomic mass is 16.5. The number of hydrogen-bond donors (Lipinski definition) is 1. The highest BCUT2D eigenvalue weighted by Crippen LogP contribution is 2.34. The molecule has 8 nitrogen and oxygen atoms in total. The quantitative estimate of drug-likeness (QED) is 0.527. The highest BCUT2D eigenvalue weighted by Gasteiger charge is 2.48. The number of ether oxygens (including phenoxy) is 2. The van der Waals surface area contributed by atoms with E-state index in [0.717, 1.165) is 30.3 Å². The third-order valence-corrected chi connectivity index (χ3v) is 8.04. The molecule has 36 heavy (non-hydrogen) atoms. The fourth-order valence-corrected chi connectivity index (χ4v) is 5.75. The predicted octanol–water partition coefficient (Wildman–Crippen LogP) is 4.40. The molecule has 192 valence electrons. The van der Waals surface area contributed by atoms with Crippen LogP contribution >= 0.6 is 0 Å². The van der Waals surface area contributed by atoms with Crippen LogP contribution < -0.4 is 14.8 Å². The van der Waals surface area contributed by atoms with Gasteiger partial charge in [-0.1, -0.05) is 25.8 Å². The van der Waals surface area contributed by atoms with Gasteiger partial charge in [-0.2, -0.15) is 0 Å². The zero-order valence-electron chi connectivity index (χ0n) is 21.5. The molecule has 1 aliphatic carbocycles. The van der Waals surface area contributed by atoms with Gasteiger partial charge in [-0.05, 0) is 49.8 Å². The molecule has 0 saturated heterocycles. The summed E-state index contributed by atoms with van der Waals surface area (Å²) in [4.78, 5) is 29.5. The lowest BCUT2D eigenvalue weighted by Crippen LogP contribution is -2.65. The number of carbonyl (C=O) groups is 2. The minimum atomic E-state index is -1.04. The van der Waals surface area contributed by atoms with Crippen LogP contribution in [-0.4, -0.2) is 53.6 Å². The molecule has 0 bridgehead atoms. The van der Waals surface area contributed by atoms with Crippen molar-refractivity contribution in [2.75, 3.05) is 20.8 Å². The number of benzene rings is 1. The molecule has 1 saturated carbocycles. The Morgan fingerprint density at radius 1 is 1.14 bits per heavy atom. The van der Waals surface area contributed by atoms with Crippen LogP contribution in [0.15, 0.2) is 41.0 Å². The van der Waals surface area contributed by atoms with Crippen molar-refractivity contribution in [3.8, 4) is 11.5 Å². The van der Waals surface area contributed by atoms with E-state index in [2.05, 4.69) is 12.2 Å².